The number of hydrogen-bond acceptors (Lipinski definition) is 4. The van der Waals surface area contributed by atoms with Crippen LogP contribution in [0.2, 0.25) is 5.02 Å². The van der Waals surface area contributed by atoms with Gasteiger partial charge in [0.2, 0.25) is 0 Å². The van der Waals surface area contributed by atoms with E-state index in [-0.39, 0.29) is 16.4 Å². The summed E-state index contributed by atoms with van der Waals surface area (Å²) in [5.74, 6) is -0.0812. The van der Waals surface area contributed by atoms with Gasteiger partial charge in [-0.1, -0.05) is 11.6 Å². The summed E-state index contributed by atoms with van der Waals surface area (Å²) in [7, 11) is -3.86. The molecule has 1 aromatic carbocycles. The molecule has 0 bridgehead atoms. The third-order valence-electron chi connectivity index (χ3n) is 2.31. The van der Waals surface area contributed by atoms with E-state index in [2.05, 4.69) is 48.2 Å². The fourth-order valence-corrected chi connectivity index (χ4v) is 4.05. The smallest absolute Gasteiger partial charge is 0.265 e. The molecule has 0 amide bonds. The molecule has 0 saturated heterocycles. The molecule has 0 radical (unpaired) electrons. The van der Waals surface area contributed by atoms with Crippen molar-refractivity contribution in [3.05, 3.63) is 43.5 Å². The molecule has 0 aliphatic carbocycles. The van der Waals surface area contributed by atoms with Crippen molar-refractivity contribution >= 4 is 71.7 Å². The highest BCUT2D eigenvalue weighted by Gasteiger charge is 2.20. The molecule has 2 aromatic rings. The number of benzene rings is 1. The van der Waals surface area contributed by atoms with Crippen molar-refractivity contribution in [3.8, 4) is 0 Å². The number of anilines is 2. The van der Waals surface area contributed by atoms with Crippen LogP contribution in [0.3, 0.4) is 0 Å². The molecule has 5 nitrogen and oxygen atoms in total. The highest BCUT2D eigenvalue weighted by Crippen LogP contribution is 2.28. The first-order valence-electron chi connectivity index (χ1n) is 5.18. The normalized spacial score (nSPS) is 11.3. The van der Waals surface area contributed by atoms with E-state index in [1.807, 2.05) is 0 Å². The van der Waals surface area contributed by atoms with Crippen LogP contribution in [0.4, 0.5) is 11.5 Å². The Morgan fingerprint density at radius 2 is 2.05 bits per heavy atom. The summed E-state index contributed by atoms with van der Waals surface area (Å²) in [5, 5.41) is 0.307. The van der Waals surface area contributed by atoms with Gasteiger partial charge in [-0.15, -0.1) is 0 Å². The van der Waals surface area contributed by atoms with E-state index in [9.17, 15) is 8.42 Å². The number of hydrogen-bond donors (Lipinski definition) is 2. The fraction of sp³-hybridized carbons (Fsp3) is 0. The Morgan fingerprint density at radius 3 is 2.70 bits per heavy atom. The number of halogens is 3. The number of nitrogens with zero attached hydrogens (tertiary/aromatic N) is 1. The van der Waals surface area contributed by atoms with Crippen molar-refractivity contribution in [2.75, 3.05) is 10.5 Å². The minimum absolute atomic E-state index is 0.0812. The standard InChI is InChI=1S/C11H8BrClIN3O2S/c12-6-3-10(11(15)16-5-6)20(18,19)17-9-2-1-7(14)4-8(9)13/h1-5,17H,(H2,15,16). The molecule has 1 aromatic heterocycles. The van der Waals surface area contributed by atoms with E-state index in [1.54, 1.807) is 18.2 Å². The maximum Gasteiger partial charge on any atom is 0.265 e. The van der Waals surface area contributed by atoms with Crippen LogP contribution in [0, 0.1) is 3.57 Å². The van der Waals surface area contributed by atoms with Gasteiger partial charge in [0.1, 0.15) is 10.7 Å². The molecule has 3 N–H and O–H groups in total. The molecule has 0 aliphatic rings. The van der Waals surface area contributed by atoms with Crippen LogP contribution in [0.1, 0.15) is 0 Å². The quantitative estimate of drug-likeness (QED) is 0.648. The van der Waals surface area contributed by atoms with E-state index in [4.69, 9.17) is 17.3 Å². The summed E-state index contributed by atoms with van der Waals surface area (Å²) in [6, 6.07) is 6.36. The lowest BCUT2D eigenvalue weighted by molar-refractivity contribution is 0.601. The second-order valence-electron chi connectivity index (χ2n) is 3.77. The molecule has 9 heteroatoms. The lowest BCUT2D eigenvalue weighted by Crippen LogP contribution is -2.15. The Morgan fingerprint density at radius 1 is 1.35 bits per heavy atom. The Labute approximate surface area is 143 Å². The van der Waals surface area contributed by atoms with Crippen molar-refractivity contribution in [2.24, 2.45) is 0 Å². The van der Waals surface area contributed by atoms with Gasteiger partial charge in [-0.3, -0.25) is 4.72 Å². The van der Waals surface area contributed by atoms with Crippen molar-refractivity contribution in [1.82, 2.24) is 4.98 Å². The van der Waals surface area contributed by atoms with Gasteiger partial charge < -0.3 is 5.73 Å². The van der Waals surface area contributed by atoms with Crippen LogP contribution < -0.4 is 10.5 Å². The zero-order valence-electron chi connectivity index (χ0n) is 9.77. The first-order valence-corrected chi connectivity index (χ1v) is 8.92. The molecule has 20 heavy (non-hydrogen) atoms. The summed E-state index contributed by atoms with van der Waals surface area (Å²) in [6.45, 7) is 0. The average Bonchev–Trinajstić information content (AvgIpc) is 2.35. The number of nitrogens with two attached hydrogens (primary N) is 1. The highest BCUT2D eigenvalue weighted by atomic mass is 127. The zero-order valence-corrected chi connectivity index (χ0v) is 15.1. The van der Waals surface area contributed by atoms with Crippen LogP contribution >= 0.6 is 50.1 Å². The van der Waals surface area contributed by atoms with Gasteiger partial charge in [0.15, 0.2) is 0 Å². The lowest BCUT2D eigenvalue weighted by Gasteiger charge is -2.11. The number of sulfonamides is 1. The third-order valence-corrected chi connectivity index (χ3v) is 5.13. The average molecular weight is 489 g/mol. The second kappa shape index (κ2) is 6.04. The van der Waals surface area contributed by atoms with E-state index >= 15 is 0 Å². The minimum atomic E-state index is -3.86. The predicted molar refractivity (Wildman–Crippen MR) is 91.3 cm³/mol. The SMILES string of the molecule is Nc1ncc(Br)cc1S(=O)(=O)Nc1ccc(I)cc1Cl. The van der Waals surface area contributed by atoms with E-state index in [0.29, 0.717) is 9.50 Å². The Hall–Kier alpha value is -0.580. The molecule has 106 valence electrons. The first-order chi connectivity index (χ1) is 9.29. The van der Waals surface area contributed by atoms with Crippen LogP contribution in [-0.4, -0.2) is 13.4 Å². The number of rotatable bonds is 3. The van der Waals surface area contributed by atoms with Crippen molar-refractivity contribution in [2.45, 2.75) is 4.90 Å². The Balaban J connectivity index is 2.43. The Kier molecular flexibility index (Phi) is 4.77. The van der Waals surface area contributed by atoms with Gasteiger partial charge >= 0.3 is 0 Å². The third kappa shape index (κ3) is 3.54. The molecule has 2 rings (SSSR count). The number of pyridine rings is 1. The number of aromatic nitrogens is 1. The molecule has 0 saturated carbocycles. The molecule has 0 atom stereocenters. The maximum absolute atomic E-state index is 12.3. The zero-order chi connectivity index (χ0) is 14.9. The summed E-state index contributed by atoms with van der Waals surface area (Å²) in [4.78, 5) is 3.69. The van der Waals surface area contributed by atoms with Crippen molar-refractivity contribution in [1.29, 1.82) is 0 Å². The Bertz CT molecular complexity index is 770. The molecule has 0 fully saturated rings. The van der Waals surface area contributed by atoms with Gasteiger partial charge in [0, 0.05) is 14.2 Å². The molecule has 0 spiro atoms. The summed E-state index contributed by atoms with van der Waals surface area (Å²) < 4.78 is 28.4. The topological polar surface area (TPSA) is 85.1 Å². The van der Waals surface area contributed by atoms with Crippen LogP contribution in [-0.2, 0) is 10.0 Å². The molecular formula is C11H8BrClIN3O2S. The molecule has 1 heterocycles. The summed E-state index contributed by atoms with van der Waals surface area (Å²) in [6.07, 6.45) is 1.42. The van der Waals surface area contributed by atoms with Crippen LogP contribution in [0.5, 0.6) is 0 Å². The van der Waals surface area contributed by atoms with Crippen LogP contribution in [0.15, 0.2) is 39.8 Å². The monoisotopic (exact) mass is 487 g/mol. The predicted octanol–water partition coefficient (Wildman–Crippen LogP) is 3.49. The maximum atomic E-state index is 12.3. The number of nitrogens with one attached hydrogen (secondary N) is 1. The highest BCUT2D eigenvalue weighted by molar-refractivity contribution is 14.1. The van der Waals surface area contributed by atoms with E-state index in [1.165, 1.54) is 12.3 Å². The van der Waals surface area contributed by atoms with Gasteiger partial charge in [0.05, 0.1) is 10.7 Å². The van der Waals surface area contributed by atoms with Gasteiger partial charge in [-0.2, -0.15) is 0 Å². The molecule has 0 unspecified atom stereocenters. The molecule has 0 aliphatic heterocycles. The van der Waals surface area contributed by atoms with Crippen molar-refractivity contribution in [3.63, 3.8) is 0 Å². The van der Waals surface area contributed by atoms with Gasteiger partial charge in [-0.05, 0) is 62.8 Å². The van der Waals surface area contributed by atoms with E-state index in [0.717, 1.165) is 3.57 Å². The largest absolute Gasteiger partial charge is 0.383 e. The summed E-state index contributed by atoms with van der Waals surface area (Å²) in [5.41, 5.74) is 5.89. The first kappa shape index (κ1) is 15.8. The van der Waals surface area contributed by atoms with Crippen LogP contribution in [0.25, 0.3) is 0 Å². The summed E-state index contributed by atoms with van der Waals surface area (Å²) >= 11 is 11.2. The van der Waals surface area contributed by atoms with Gasteiger partial charge in [-0.25, -0.2) is 13.4 Å². The van der Waals surface area contributed by atoms with Crippen molar-refractivity contribution < 1.29 is 8.42 Å². The second-order valence-corrected chi connectivity index (χ2v) is 7.99. The van der Waals surface area contributed by atoms with Gasteiger partial charge in [0.25, 0.3) is 10.0 Å². The molecular weight excluding hydrogens is 480 g/mol. The fourth-order valence-electron chi connectivity index (χ4n) is 1.42. The number of nitrogen functional groups attached to an aromatic ring is 1. The van der Waals surface area contributed by atoms with E-state index < -0.39 is 10.0 Å². The lowest BCUT2D eigenvalue weighted by atomic mass is 10.3. The minimum Gasteiger partial charge on any atom is -0.383 e.